The number of benzene rings is 3. The predicted octanol–water partition coefficient (Wildman–Crippen LogP) is 5.33. The van der Waals surface area contributed by atoms with E-state index in [9.17, 15) is 5.11 Å². The molecule has 2 heterocycles. The molecule has 1 aliphatic heterocycles. The molecule has 3 aromatic carbocycles. The highest BCUT2D eigenvalue weighted by Crippen LogP contribution is 2.41. The van der Waals surface area contributed by atoms with E-state index in [1.54, 1.807) is 12.1 Å². The van der Waals surface area contributed by atoms with Gasteiger partial charge in [0.1, 0.15) is 23.9 Å². The molecule has 6 heteroatoms. The van der Waals surface area contributed by atoms with Crippen LogP contribution in [0.25, 0.3) is 22.4 Å². The summed E-state index contributed by atoms with van der Waals surface area (Å²) in [4.78, 5) is 4.53. The van der Waals surface area contributed by atoms with Crippen LogP contribution in [0.15, 0.2) is 78.9 Å². The second-order valence-electron chi connectivity index (χ2n) is 8.90. The molecule has 0 spiro atoms. The lowest BCUT2D eigenvalue weighted by Crippen LogP contribution is -2.29. The van der Waals surface area contributed by atoms with Crippen molar-refractivity contribution < 1.29 is 9.84 Å². The van der Waals surface area contributed by atoms with Crippen LogP contribution in [-0.4, -0.2) is 23.2 Å². The first kappa shape index (κ1) is 22.7. The predicted molar refractivity (Wildman–Crippen MR) is 141 cm³/mol. The first-order valence-corrected chi connectivity index (χ1v) is 12.0. The molecule has 4 aromatic rings. The normalized spacial score (nSPS) is 15.6. The molecule has 35 heavy (non-hydrogen) atoms. The summed E-state index contributed by atoms with van der Waals surface area (Å²) in [6, 6.07) is 25.6. The molecule has 5 rings (SSSR count). The van der Waals surface area contributed by atoms with Crippen LogP contribution in [0.5, 0.6) is 11.5 Å². The second-order valence-corrected chi connectivity index (χ2v) is 8.90. The van der Waals surface area contributed by atoms with Crippen molar-refractivity contribution in [1.82, 2.24) is 10.3 Å². The highest BCUT2D eigenvalue weighted by atomic mass is 16.5. The Morgan fingerprint density at radius 1 is 0.971 bits per heavy atom. The van der Waals surface area contributed by atoms with E-state index in [1.165, 1.54) is 0 Å². The molecule has 6 nitrogen and oxygen atoms in total. The topological polar surface area (TPSA) is 106 Å². The summed E-state index contributed by atoms with van der Waals surface area (Å²) in [5, 5.41) is 14.3. The number of hydrogen-bond acceptors (Lipinski definition) is 6. The number of nitrogens with two attached hydrogens (primary N) is 2. The molecule has 0 aliphatic carbocycles. The van der Waals surface area contributed by atoms with Crippen LogP contribution >= 0.6 is 0 Å². The van der Waals surface area contributed by atoms with Gasteiger partial charge >= 0.3 is 0 Å². The van der Waals surface area contributed by atoms with E-state index in [1.807, 2.05) is 42.5 Å². The molecule has 1 saturated heterocycles. The number of piperidine rings is 1. The maximum absolute atomic E-state index is 10.8. The van der Waals surface area contributed by atoms with E-state index >= 15 is 0 Å². The molecule has 1 atom stereocenters. The summed E-state index contributed by atoms with van der Waals surface area (Å²) >= 11 is 0. The molecule has 1 fully saturated rings. The van der Waals surface area contributed by atoms with Crippen molar-refractivity contribution in [3.63, 3.8) is 0 Å². The van der Waals surface area contributed by atoms with Gasteiger partial charge in [-0.1, -0.05) is 60.7 Å². The zero-order valence-electron chi connectivity index (χ0n) is 19.6. The van der Waals surface area contributed by atoms with E-state index in [0.29, 0.717) is 29.3 Å². The zero-order chi connectivity index (χ0) is 24.2. The maximum atomic E-state index is 10.8. The number of phenolic OH excluding ortho intramolecular Hbond substituents is 1. The Bertz CT molecular complexity index is 1320. The van der Waals surface area contributed by atoms with Gasteiger partial charge in [-0.15, -0.1) is 0 Å². The molecular weight excluding hydrogens is 436 g/mol. The fraction of sp³-hybridized carbons (Fsp3) is 0.207. The summed E-state index contributed by atoms with van der Waals surface area (Å²) in [5.41, 5.74) is 18.4. The lowest BCUT2D eigenvalue weighted by Gasteiger charge is -2.25. The van der Waals surface area contributed by atoms with Crippen LogP contribution in [0.1, 0.15) is 29.9 Å². The maximum Gasteiger partial charge on any atom is 0.147 e. The van der Waals surface area contributed by atoms with Crippen LogP contribution in [0.2, 0.25) is 0 Å². The number of aromatic nitrogens is 1. The number of hydrogen-bond donors (Lipinski definition) is 4. The molecule has 1 aromatic heterocycles. The SMILES string of the molecule is Nc1nc(-c2c(O)cccc2OCc2ccccc2-c2ccccc2)cc(C2CCCNC2)c1N. The molecule has 0 bridgehead atoms. The molecule has 6 N–H and O–H groups in total. The Hall–Kier alpha value is -4.03. The van der Waals surface area contributed by atoms with Gasteiger partial charge in [-0.05, 0) is 65.8 Å². The number of pyridine rings is 1. The Labute approximate surface area is 205 Å². The Morgan fingerprint density at radius 3 is 2.57 bits per heavy atom. The number of ether oxygens (including phenoxy) is 1. The summed E-state index contributed by atoms with van der Waals surface area (Å²) in [7, 11) is 0. The summed E-state index contributed by atoms with van der Waals surface area (Å²) in [6.07, 6.45) is 2.11. The van der Waals surface area contributed by atoms with E-state index in [-0.39, 0.29) is 17.5 Å². The van der Waals surface area contributed by atoms with Gasteiger partial charge in [0.2, 0.25) is 0 Å². The average molecular weight is 467 g/mol. The van der Waals surface area contributed by atoms with Gasteiger partial charge in [0.05, 0.1) is 16.9 Å². The van der Waals surface area contributed by atoms with Gasteiger partial charge < -0.3 is 26.6 Å². The minimum atomic E-state index is 0.0863. The standard InChI is InChI=1S/C29H30N4O2/c30-28-23(20-11-7-15-32-17-20)16-24(33-29(28)31)27-25(34)13-6-14-26(27)35-18-21-10-4-5-12-22(21)19-8-2-1-3-9-19/h1-6,8-10,12-14,16,20,32,34H,7,11,15,17-18,30H2,(H2,31,33). The number of nitrogens with zero attached hydrogens (tertiary/aromatic N) is 1. The van der Waals surface area contributed by atoms with Crippen molar-refractivity contribution >= 4 is 11.5 Å². The van der Waals surface area contributed by atoms with Gasteiger partial charge in [0, 0.05) is 6.54 Å². The van der Waals surface area contributed by atoms with Crippen molar-refractivity contribution in [3.8, 4) is 33.9 Å². The number of nitrogens with one attached hydrogen (secondary N) is 1. The molecule has 1 aliphatic rings. The van der Waals surface area contributed by atoms with Gasteiger partial charge in [0.25, 0.3) is 0 Å². The van der Waals surface area contributed by atoms with Gasteiger partial charge in [-0.25, -0.2) is 4.98 Å². The van der Waals surface area contributed by atoms with Crippen LogP contribution in [0, 0.1) is 0 Å². The largest absolute Gasteiger partial charge is 0.507 e. The number of rotatable bonds is 6. The lowest BCUT2D eigenvalue weighted by molar-refractivity contribution is 0.306. The van der Waals surface area contributed by atoms with Crippen molar-refractivity contribution in [1.29, 1.82) is 0 Å². The number of aromatic hydroxyl groups is 1. The number of nitrogen functional groups attached to an aromatic ring is 2. The van der Waals surface area contributed by atoms with E-state index in [2.05, 4.69) is 34.6 Å². The van der Waals surface area contributed by atoms with Crippen LogP contribution in [-0.2, 0) is 6.61 Å². The summed E-state index contributed by atoms with van der Waals surface area (Å²) in [5.74, 6) is 1.15. The third-order valence-corrected chi connectivity index (χ3v) is 6.60. The number of phenols is 1. The highest BCUT2D eigenvalue weighted by molar-refractivity contribution is 5.79. The lowest BCUT2D eigenvalue weighted by atomic mass is 9.89. The summed E-state index contributed by atoms with van der Waals surface area (Å²) in [6.45, 7) is 2.19. The fourth-order valence-corrected chi connectivity index (χ4v) is 4.78. The molecular formula is C29H30N4O2. The minimum absolute atomic E-state index is 0.0863. The molecule has 0 radical (unpaired) electrons. The zero-order valence-corrected chi connectivity index (χ0v) is 19.6. The minimum Gasteiger partial charge on any atom is -0.507 e. The highest BCUT2D eigenvalue weighted by Gasteiger charge is 2.23. The van der Waals surface area contributed by atoms with Crippen molar-refractivity contribution in [3.05, 3.63) is 90.0 Å². The quantitative estimate of drug-likeness (QED) is 0.306. The van der Waals surface area contributed by atoms with Crippen LogP contribution in [0.3, 0.4) is 0 Å². The fourth-order valence-electron chi connectivity index (χ4n) is 4.78. The van der Waals surface area contributed by atoms with E-state index in [4.69, 9.17) is 16.2 Å². The molecule has 0 amide bonds. The average Bonchev–Trinajstić information content (AvgIpc) is 2.90. The molecule has 0 saturated carbocycles. The van der Waals surface area contributed by atoms with Crippen LogP contribution < -0.4 is 21.5 Å². The molecule has 1 unspecified atom stereocenters. The van der Waals surface area contributed by atoms with Gasteiger partial charge in [0.15, 0.2) is 0 Å². The smallest absolute Gasteiger partial charge is 0.147 e. The van der Waals surface area contributed by atoms with Crippen molar-refractivity contribution in [2.24, 2.45) is 0 Å². The Balaban J connectivity index is 1.49. The Kier molecular flexibility index (Phi) is 6.55. The first-order chi connectivity index (χ1) is 17.1. The third kappa shape index (κ3) is 4.79. The van der Waals surface area contributed by atoms with E-state index < -0.39 is 0 Å². The van der Waals surface area contributed by atoms with Crippen molar-refractivity contribution in [2.75, 3.05) is 24.6 Å². The van der Waals surface area contributed by atoms with Crippen molar-refractivity contribution in [2.45, 2.75) is 25.4 Å². The first-order valence-electron chi connectivity index (χ1n) is 12.0. The van der Waals surface area contributed by atoms with E-state index in [0.717, 1.165) is 48.2 Å². The third-order valence-electron chi connectivity index (χ3n) is 6.60. The van der Waals surface area contributed by atoms with Gasteiger partial charge in [-0.3, -0.25) is 0 Å². The monoisotopic (exact) mass is 466 g/mol. The number of anilines is 2. The second kappa shape index (κ2) is 10.1. The summed E-state index contributed by atoms with van der Waals surface area (Å²) < 4.78 is 6.29. The van der Waals surface area contributed by atoms with Gasteiger partial charge in [-0.2, -0.15) is 0 Å². The Morgan fingerprint density at radius 2 is 1.77 bits per heavy atom. The van der Waals surface area contributed by atoms with Crippen LogP contribution in [0.4, 0.5) is 11.5 Å². The molecule has 178 valence electrons.